The summed E-state index contributed by atoms with van der Waals surface area (Å²) in [4.78, 5) is 54.3. The van der Waals surface area contributed by atoms with Crippen LogP contribution in [0.15, 0.2) is 304 Å². The van der Waals surface area contributed by atoms with E-state index in [1.807, 2.05) is 72.8 Å². The molecule has 10 aromatic carbocycles. The first-order valence-electron chi connectivity index (χ1n) is 35.0. The van der Waals surface area contributed by atoms with Gasteiger partial charge in [0.05, 0.1) is 22.8 Å². The number of benzene rings is 10. The fraction of sp³-hybridized carbons (Fsp3) is 0.191. The summed E-state index contributed by atoms with van der Waals surface area (Å²) < 4.78 is 12.4. The number of fused-ring (bicyclic) bond motifs is 2. The quantitative estimate of drug-likeness (QED) is 0.0467. The number of nitrogens with one attached hydrogen (secondary N) is 2. The number of amides is 4. The summed E-state index contributed by atoms with van der Waals surface area (Å²) >= 11 is 3.30. The zero-order valence-corrected chi connectivity index (χ0v) is 67.8. The van der Waals surface area contributed by atoms with Crippen molar-refractivity contribution in [1.29, 1.82) is 0 Å². The minimum atomic E-state index is -1.13. The van der Waals surface area contributed by atoms with Gasteiger partial charge in [0, 0.05) is 49.8 Å². The van der Waals surface area contributed by atoms with Crippen molar-refractivity contribution in [3.05, 3.63) is 300 Å². The largest absolute Gasteiger partial charge is 0.0622 e. The molecule has 4 heterocycles. The van der Waals surface area contributed by atoms with Crippen molar-refractivity contribution >= 4 is 141 Å². The molecule has 0 aromatic heterocycles. The molecular formula is C89H87BrCl2N8O8P2Pd. The third-order valence-corrected chi connectivity index (χ3v) is 22.0. The molecule has 0 spiro atoms. The molecule has 22 heteroatoms. The van der Waals surface area contributed by atoms with E-state index in [2.05, 4.69) is 247 Å². The van der Waals surface area contributed by atoms with Crippen LogP contribution in [0.1, 0.15) is 64.7 Å². The molecule has 0 aliphatic carbocycles. The van der Waals surface area contributed by atoms with Crippen LogP contribution in [0, 0.1) is 24.2 Å². The Hall–Kier alpha value is -10.0. The van der Waals surface area contributed by atoms with E-state index in [0.29, 0.717) is 59.8 Å². The number of ether oxygens (including phenoxy) is 2. The number of carbonyl (C=O) groups is 4. The molecule has 14 rings (SSSR count). The van der Waals surface area contributed by atoms with E-state index in [4.69, 9.17) is 40.1 Å². The molecule has 0 fully saturated rings. The number of rotatable bonds is 14. The molecule has 16 nitrogen and oxygen atoms in total. The van der Waals surface area contributed by atoms with Gasteiger partial charge in [-0.3, -0.25) is 19.2 Å². The number of anilines is 2. The maximum atomic E-state index is 13.1. The third kappa shape index (κ3) is 26.9. The van der Waals surface area contributed by atoms with Gasteiger partial charge in [0.2, 0.25) is 0 Å². The van der Waals surface area contributed by atoms with Crippen LogP contribution in [0.3, 0.4) is 0 Å². The minimum Gasteiger partial charge on any atom is -0.0622 e. The van der Waals surface area contributed by atoms with E-state index in [-0.39, 0.29) is 54.1 Å². The first-order valence-corrected chi connectivity index (χ1v) is 42.4. The molecule has 4 N–H and O–H groups in total. The van der Waals surface area contributed by atoms with E-state index in [1.54, 1.807) is 66.1 Å². The molecule has 4 amide bonds. The summed E-state index contributed by atoms with van der Waals surface area (Å²) in [6.07, 6.45) is 6.76. The van der Waals surface area contributed by atoms with Crippen LogP contribution in [0.25, 0.3) is 0 Å². The maximum absolute atomic E-state index is 13.1. The monoisotopic (exact) mass is 1710 g/mol. The number of nitrogens with zero attached hydrogens (tertiary/aromatic N) is 6. The third-order valence-electron chi connectivity index (χ3n) is 16.6. The molecule has 111 heavy (non-hydrogen) atoms. The van der Waals surface area contributed by atoms with E-state index in [1.165, 1.54) is 41.6 Å². The number of hydrogen-bond donors (Lipinski definition) is 4. The van der Waals surface area contributed by atoms with Gasteiger partial charge in [-0.15, -0.1) is 16.6 Å². The predicted molar refractivity (Wildman–Crippen MR) is 459 cm³/mol. The Balaban J connectivity index is 0.000000183. The van der Waals surface area contributed by atoms with Crippen molar-refractivity contribution in [3.8, 4) is 35.7 Å². The second kappa shape index (κ2) is 43.5. The fourth-order valence-electron chi connectivity index (χ4n) is 11.2. The molecule has 2 atom stereocenters. The average molecular weight is 1720 g/mol. The van der Waals surface area contributed by atoms with Crippen molar-refractivity contribution in [2.75, 3.05) is 37.1 Å². The van der Waals surface area contributed by atoms with Crippen molar-refractivity contribution < 1.29 is 54.8 Å². The Morgan fingerprint density at radius 3 is 1.11 bits per heavy atom. The Bertz CT molecular complexity index is 4630. The normalized spacial score (nSPS) is 14.5. The smallest absolute Gasteiger partial charge is 0.0134 e. The molecule has 0 saturated carbocycles. The van der Waals surface area contributed by atoms with E-state index >= 15 is 0 Å². The predicted octanol–water partition coefficient (Wildman–Crippen LogP) is 14.1. The SMILES string of the molecule is C.C#CC(C)(C)O.CN1C(=O)[C@@H](NC(=O)C2=NN=C(Cc3ccccc3)C2)COc2ccc(Br)cc21.CN1C(=O)[C@@H](NC(=O)C2=NN=C(Cc3ccccc3)C2)COc2ccc(C#CC(C)(C)O)cc21.[Cl][Pd][Cl].c1ccc(P(c2ccccc2)c2ccccc2)cc1.c1ccc(P(c2ccccc2)c2ccccc2)cc1. The molecule has 0 unspecified atom stereocenters. The Kier molecular flexibility index (Phi) is 34.0. The van der Waals surface area contributed by atoms with Gasteiger partial charge < -0.3 is 40.1 Å². The van der Waals surface area contributed by atoms with Gasteiger partial charge in [-0.25, -0.2) is 0 Å². The number of aliphatic hydroxyl groups is 2. The van der Waals surface area contributed by atoms with Crippen molar-refractivity contribution in [2.45, 2.75) is 84.1 Å². The van der Waals surface area contributed by atoms with Crippen molar-refractivity contribution in [2.24, 2.45) is 20.4 Å². The zero-order chi connectivity index (χ0) is 78.4. The van der Waals surface area contributed by atoms with Crippen molar-refractivity contribution in [3.63, 3.8) is 0 Å². The van der Waals surface area contributed by atoms with Gasteiger partial charge in [-0.2, -0.15) is 10.2 Å². The van der Waals surface area contributed by atoms with E-state index < -0.39 is 50.9 Å². The van der Waals surface area contributed by atoms with E-state index in [0.717, 1.165) is 27.0 Å². The molecule has 4 aliphatic rings. The fourth-order valence-corrected chi connectivity index (χ4v) is 16.2. The zero-order valence-electron chi connectivity index (χ0n) is 61.4. The van der Waals surface area contributed by atoms with Gasteiger partial charge in [0.1, 0.15) is 59.4 Å². The van der Waals surface area contributed by atoms with Crippen molar-refractivity contribution in [1.82, 2.24) is 10.6 Å². The number of halogens is 3. The van der Waals surface area contributed by atoms with Gasteiger partial charge in [-0.1, -0.05) is 284 Å². The number of terminal acetylenes is 1. The van der Waals surface area contributed by atoms with Gasteiger partial charge in [0.15, 0.2) is 0 Å². The molecule has 4 aliphatic heterocycles. The number of carbonyl (C=O) groups excluding carboxylic acids is 4. The van der Waals surface area contributed by atoms with Crippen LogP contribution in [-0.4, -0.2) is 107 Å². The molecular weight excluding hydrogens is 1630 g/mol. The average Bonchev–Trinajstić information content (AvgIpc) is 1.28. The molecule has 0 saturated heterocycles. The minimum absolute atomic E-state index is 0. The Morgan fingerprint density at radius 1 is 0.505 bits per heavy atom. The van der Waals surface area contributed by atoms with Crippen LogP contribution in [0.4, 0.5) is 11.4 Å². The van der Waals surface area contributed by atoms with Gasteiger partial charge in [-0.05, 0) is 123 Å². The van der Waals surface area contributed by atoms with Crippen LogP contribution < -0.4 is 61.7 Å². The molecule has 0 bridgehead atoms. The Morgan fingerprint density at radius 2 is 0.802 bits per heavy atom. The summed E-state index contributed by atoms with van der Waals surface area (Å²) in [6.45, 7) is 6.36. The first-order chi connectivity index (χ1) is 53.1. The van der Waals surface area contributed by atoms with Crippen LogP contribution in [-0.2, 0) is 48.0 Å². The summed E-state index contributed by atoms with van der Waals surface area (Å²) in [5.74, 6) is 7.50. The summed E-state index contributed by atoms with van der Waals surface area (Å²) in [5, 5.41) is 48.6. The first kappa shape index (κ1) is 86.6. The van der Waals surface area contributed by atoms with Crippen LogP contribution >= 0.6 is 50.8 Å². The summed E-state index contributed by atoms with van der Waals surface area (Å²) in [5.41, 5.74) is 4.15. The number of likely N-dealkylation sites (N-methyl/N-ethyl adjacent to an activating group) is 2. The van der Waals surface area contributed by atoms with E-state index in [9.17, 15) is 24.3 Å². The summed E-state index contributed by atoms with van der Waals surface area (Å²) in [7, 11) is 12.0. The van der Waals surface area contributed by atoms with Crippen LogP contribution in [0.5, 0.6) is 11.5 Å². The topological polar surface area (TPSA) is 207 Å². The second-order valence-electron chi connectivity index (χ2n) is 26.1. The molecule has 0 radical (unpaired) electrons. The van der Waals surface area contributed by atoms with Gasteiger partial charge in [0.25, 0.3) is 23.6 Å². The second-order valence-corrected chi connectivity index (χ2v) is 33.8. The summed E-state index contributed by atoms with van der Waals surface area (Å²) in [6, 6.07) is 93.4. The Labute approximate surface area is 678 Å². The van der Waals surface area contributed by atoms with Gasteiger partial charge >= 0.3 is 35.0 Å². The molecule has 572 valence electrons. The standard InChI is InChI=1S/C26H26N4O4.C21H19BrN4O3.2C18H15P.C5H8O.CH4.2ClH.Pd/c1-26(2,33)12-11-18-9-10-23-22(14-18)30(3)25(32)21(16-34-23)27-24(31)20-15-19(28-29-20)13-17-7-5-4-6-8-17;1-26-18-10-14(22)7-8-19(18)29-12-17(21(26)28)23-20(27)16-11-15(24-25-16)9-13-5-3-2-4-6-13;2*1-4-10-16(11-5-1)19(17-12-6-2-7-13-17)18-14-8-3-9-15-18;1-4-5(2,3)6;;;;/h4-10,14,21,33H,13,15-16H2,1-3H3,(H,27,31);2-8,10,17H,9,11-12H2,1H3,(H,23,27);2*1-15H;1,6H,2-3H3;1H4;2*1H;/q;;;;;;;;+2/p-2/t21-;17-;;;;;;;/m00......./s1. The molecule has 10 aromatic rings. The maximum Gasteiger partial charge on any atom is -0.0134 e. The number of hydrogen-bond acceptors (Lipinski definition) is 12. The van der Waals surface area contributed by atoms with Crippen LogP contribution in [0.2, 0.25) is 0 Å².